The highest BCUT2D eigenvalue weighted by molar-refractivity contribution is 7.90. The largest absolute Gasteiger partial charge is 0.573 e. The van der Waals surface area contributed by atoms with Crippen molar-refractivity contribution >= 4 is 22.0 Å². The van der Waals surface area contributed by atoms with Crippen LogP contribution in [0.25, 0.3) is 11.4 Å². The number of amides is 2. The van der Waals surface area contributed by atoms with Gasteiger partial charge in [0.15, 0.2) is 5.82 Å². The molecule has 0 aliphatic carbocycles. The lowest BCUT2D eigenvalue weighted by Crippen LogP contribution is -2.35. The number of ether oxygens (including phenoxy) is 2. The van der Waals surface area contributed by atoms with E-state index in [9.17, 15) is 26.4 Å². The lowest BCUT2D eigenvalue weighted by molar-refractivity contribution is -0.274. The Morgan fingerprint density at radius 2 is 1.67 bits per heavy atom. The van der Waals surface area contributed by atoms with Crippen LogP contribution in [0.5, 0.6) is 11.8 Å². The summed E-state index contributed by atoms with van der Waals surface area (Å²) in [5.41, 5.74) is 0.595. The summed E-state index contributed by atoms with van der Waals surface area (Å²) >= 11 is 0. The summed E-state index contributed by atoms with van der Waals surface area (Å²) in [7, 11) is -4.42. The average molecular weight is 483 g/mol. The van der Waals surface area contributed by atoms with Crippen LogP contribution in [0.15, 0.2) is 59.5 Å². The first kappa shape index (κ1) is 23.7. The predicted molar refractivity (Wildman–Crippen MR) is 109 cm³/mol. The number of nitrogens with zero attached hydrogens (tertiary/aromatic N) is 3. The van der Waals surface area contributed by atoms with Crippen LogP contribution in [0.2, 0.25) is 0 Å². The third kappa shape index (κ3) is 6.77. The molecule has 1 heterocycles. The van der Waals surface area contributed by atoms with Gasteiger partial charge in [0.05, 0.1) is 11.5 Å². The molecule has 2 aromatic carbocycles. The van der Waals surface area contributed by atoms with Crippen LogP contribution in [0.3, 0.4) is 0 Å². The normalized spacial score (nSPS) is 11.5. The van der Waals surface area contributed by atoms with E-state index in [0.29, 0.717) is 5.56 Å². The molecular weight excluding hydrogens is 467 g/mol. The van der Waals surface area contributed by atoms with Crippen LogP contribution >= 0.6 is 0 Å². The molecule has 2 N–H and O–H groups in total. The van der Waals surface area contributed by atoms with E-state index in [0.717, 1.165) is 24.3 Å². The second-order valence-corrected chi connectivity index (χ2v) is 7.83. The van der Waals surface area contributed by atoms with Crippen LogP contribution in [-0.4, -0.2) is 42.4 Å². The number of urea groups is 1. The molecule has 0 radical (unpaired) electrons. The van der Waals surface area contributed by atoms with E-state index >= 15 is 0 Å². The van der Waals surface area contributed by atoms with Crippen molar-refractivity contribution in [2.24, 2.45) is 0 Å². The zero-order valence-electron chi connectivity index (χ0n) is 16.8. The number of hydrogen-bond donors (Lipinski definition) is 2. The standard InChI is InChI=1S/C19H16F3N5O5S/c1-2-31-18-24-15(12-6-4-3-5-7-12)23-16(26-18)25-17(28)27-33(29,30)14-10-8-13(9-11-14)32-19(20,21)22/h3-11H,2H2,1H3,(H2,23,24,25,26,27,28). The summed E-state index contributed by atoms with van der Waals surface area (Å²) in [6.07, 6.45) is -4.93. The first-order valence-corrected chi connectivity index (χ1v) is 10.7. The molecule has 14 heteroatoms. The molecule has 0 aliphatic rings. The van der Waals surface area contributed by atoms with E-state index in [1.165, 1.54) is 0 Å². The number of sulfonamides is 1. The number of rotatable bonds is 7. The minimum atomic E-state index is -4.93. The van der Waals surface area contributed by atoms with E-state index in [1.807, 2.05) is 0 Å². The quantitative estimate of drug-likeness (QED) is 0.523. The Morgan fingerprint density at radius 1 is 1.00 bits per heavy atom. The van der Waals surface area contributed by atoms with Crippen LogP contribution in [-0.2, 0) is 10.0 Å². The van der Waals surface area contributed by atoms with Gasteiger partial charge in [0, 0.05) is 5.56 Å². The molecule has 0 unspecified atom stereocenters. The third-order valence-corrected chi connectivity index (χ3v) is 5.09. The highest BCUT2D eigenvalue weighted by Gasteiger charge is 2.31. The SMILES string of the molecule is CCOc1nc(NC(=O)NS(=O)(=O)c2ccc(OC(F)(F)F)cc2)nc(-c2ccccc2)n1. The third-order valence-electron chi connectivity index (χ3n) is 3.74. The molecule has 0 aliphatic heterocycles. The Kier molecular flexibility index (Phi) is 6.96. The topological polar surface area (TPSA) is 132 Å². The summed E-state index contributed by atoms with van der Waals surface area (Å²) in [6.45, 7) is 1.93. The van der Waals surface area contributed by atoms with Gasteiger partial charge < -0.3 is 9.47 Å². The number of hydrogen-bond acceptors (Lipinski definition) is 8. The zero-order chi connectivity index (χ0) is 24.1. The minimum absolute atomic E-state index is 0.0928. The second kappa shape index (κ2) is 9.68. The molecule has 1 aromatic heterocycles. The van der Waals surface area contributed by atoms with Gasteiger partial charge in [-0.3, -0.25) is 5.32 Å². The van der Waals surface area contributed by atoms with E-state index < -0.39 is 33.1 Å². The maximum Gasteiger partial charge on any atom is 0.573 e. The zero-order valence-corrected chi connectivity index (χ0v) is 17.6. The van der Waals surface area contributed by atoms with Crippen molar-refractivity contribution in [3.8, 4) is 23.1 Å². The van der Waals surface area contributed by atoms with Gasteiger partial charge in [-0.25, -0.2) is 17.9 Å². The predicted octanol–water partition coefficient (Wildman–Crippen LogP) is 3.35. The van der Waals surface area contributed by atoms with E-state index in [1.54, 1.807) is 42.0 Å². The Hall–Kier alpha value is -3.94. The van der Waals surface area contributed by atoms with E-state index in [2.05, 4.69) is 25.0 Å². The molecule has 3 aromatic rings. The molecule has 174 valence electrons. The number of carbonyl (C=O) groups is 1. The van der Waals surface area contributed by atoms with Crippen LogP contribution in [0.4, 0.5) is 23.9 Å². The fraction of sp³-hybridized carbons (Fsp3) is 0.158. The van der Waals surface area contributed by atoms with E-state index in [-0.39, 0.29) is 24.4 Å². The molecule has 10 nitrogen and oxygen atoms in total. The Bertz CT molecular complexity index is 1220. The van der Waals surface area contributed by atoms with Gasteiger partial charge in [-0.05, 0) is 31.2 Å². The van der Waals surface area contributed by atoms with Gasteiger partial charge in [0.2, 0.25) is 5.95 Å². The van der Waals surface area contributed by atoms with Crippen molar-refractivity contribution in [2.75, 3.05) is 11.9 Å². The summed E-state index contributed by atoms with van der Waals surface area (Å²) in [5, 5.41) is 2.17. The minimum Gasteiger partial charge on any atom is -0.464 e. The van der Waals surface area contributed by atoms with Gasteiger partial charge in [-0.1, -0.05) is 30.3 Å². The van der Waals surface area contributed by atoms with Crippen molar-refractivity contribution < 1.29 is 35.9 Å². The maximum absolute atomic E-state index is 12.4. The highest BCUT2D eigenvalue weighted by Crippen LogP contribution is 2.24. The van der Waals surface area contributed by atoms with Gasteiger partial charge in [0.25, 0.3) is 10.0 Å². The average Bonchev–Trinajstić information content (AvgIpc) is 2.73. The monoisotopic (exact) mass is 483 g/mol. The van der Waals surface area contributed by atoms with Crippen molar-refractivity contribution in [1.29, 1.82) is 0 Å². The smallest absolute Gasteiger partial charge is 0.464 e. The second-order valence-electron chi connectivity index (χ2n) is 6.14. The fourth-order valence-corrected chi connectivity index (χ4v) is 3.36. The number of nitrogens with one attached hydrogen (secondary N) is 2. The highest BCUT2D eigenvalue weighted by atomic mass is 32.2. The van der Waals surface area contributed by atoms with E-state index in [4.69, 9.17) is 4.74 Å². The number of alkyl halides is 3. The Labute approximate surface area is 185 Å². The molecule has 0 atom stereocenters. The summed E-state index contributed by atoms with van der Waals surface area (Å²) < 4.78 is 72.1. The van der Waals surface area contributed by atoms with Crippen LogP contribution in [0.1, 0.15) is 6.92 Å². The lowest BCUT2D eigenvalue weighted by Gasteiger charge is -2.11. The Balaban J connectivity index is 1.76. The molecule has 0 bridgehead atoms. The molecular formula is C19H16F3N5O5S. The van der Waals surface area contributed by atoms with Gasteiger partial charge in [-0.15, -0.1) is 13.2 Å². The molecule has 33 heavy (non-hydrogen) atoms. The molecule has 0 spiro atoms. The first-order chi connectivity index (χ1) is 15.6. The number of halogens is 3. The van der Waals surface area contributed by atoms with Crippen molar-refractivity contribution in [1.82, 2.24) is 19.7 Å². The summed E-state index contributed by atoms with van der Waals surface area (Å²) in [5.74, 6) is -0.727. The van der Waals surface area contributed by atoms with Gasteiger partial charge >= 0.3 is 18.4 Å². The van der Waals surface area contributed by atoms with Crippen LogP contribution in [0, 0.1) is 0 Å². The number of anilines is 1. The molecule has 0 fully saturated rings. The van der Waals surface area contributed by atoms with Crippen molar-refractivity contribution in [3.63, 3.8) is 0 Å². The van der Waals surface area contributed by atoms with Gasteiger partial charge in [-0.2, -0.15) is 15.0 Å². The Morgan fingerprint density at radius 3 is 2.27 bits per heavy atom. The number of aromatic nitrogens is 3. The van der Waals surface area contributed by atoms with Crippen molar-refractivity contribution in [3.05, 3.63) is 54.6 Å². The van der Waals surface area contributed by atoms with Crippen molar-refractivity contribution in [2.45, 2.75) is 18.2 Å². The first-order valence-electron chi connectivity index (χ1n) is 9.19. The number of carbonyl (C=O) groups excluding carboxylic acids is 1. The van der Waals surface area contributed by atoms with Gasteiger partial charge in [0.1, 0.15) is 5.75 Å². The summed E-state index contributed by atoms with van der Waals surface area (Å²) in [6, 6.07) is 10.7. The maximum atomic E-state index is 12.4. The lowest BCUT2D eigenvalue weighted by atomic mass is 10.2. The molecule has 0 saturated carbocycles. The van der Waals surface area contributed by atoms with Crippen LogP contribution < -0.4 is 19.5 Å². The molecule has 3 rings (SSSR count). The number of benzene rings is 2. The fourth-order valence-electron chi connectivity index (χ4n) is 2.45. The molecule has 2 amide bonds. The molecule has 0 saturated heterocycles. The summed E-state index contributed by atoms with van der Waals surface area (Å²) in [4.78, 5) is 23.9.